The minimum absolute atomic E-state index is 0.295. The maximum absolute atomic E-state index is 9.40. The Morgan fingerprint density at radius 1 is 1.33 bits per heavy atom. The van der Waals surface area contributed by atoms with Crippen LogP contribution in [0.1, 0.15) is 43.5 Å². The molecule has 2 aliphatic rings. The fourth-order valence-electron chi connectivity index (χ4n) is 3.96. The Morgan fingerprint density at radius 2 is 2.14 bits per heavy atom. The van der Waals surface area contributed by atoms with E-state index in [1.165, 1.54) is 31.4 Å². The molecule has 5 heteroatoms. The van der Waals surface area contributed by atoms with Crippen molar-refractivity contribution in [3.63, 3.8) is 0 Å². The van der Waals surface area contributed by atoms with Crippen molar-refractivity contribution in [1.82, 2.24) is 19.8 Å². The molecule has 1 aliphatic carbocycles. The molecule has 0 aromatic carbocycles. The molecule has 2 heterocycles. The average Bonchev–Trinajstić information content (AvgIpc) is 3.13. The third-order valence-electron chi connectivity index (χ3n) is 5.18. The monoisotopic (exact) mass is 292 g/mol. The number of rotatable bonds is 5. The van der Waals surface area contributed by atoms with Gasteiger partial charge < -0.3 is 10.1 Å². The van der Waals surface area contributed by atoms with Crippen molar-refractivity contribution in [2.24, 2.45) is 0 Å². The molecule has 2 fully saturated rings. The number of aryl methyl sites for hydroxylation is 1. The highest BCUT2D eigenvalue weighted by molar-refractivity contribution is 5.08. The molecule has 3 rings (SSSR count). The highest BCUT2D eigenvalue weighted by atomic mass is 16.3. The average molecular weight is 292 g/mol. The van der Waals surface area contributed by atoms with Gasteiger partial charge in [0, 0.05) is 50.6 Å². The second-order valence-corrected chi connectivity index (χ2v) is 6.55. The molecular formula is C16H28N4O. The molecule has 1 aromatic heterocycles. The van der Waals surface area contributed by atoms with Crippen LogP contribution in [0.5, 0.6) is 0 Å². The molecule has 0 amide bonds. The highest BCUT2D eigenvalue weighted by Gasteiger charge is 2.33. The van der Waals surface area contributed by atoms with E-state index in [9.17, 15) is 5.11 Å². The lowest BCUT2D eigenvalue weighted by molar-refractivity contribution is 0.0262. The summed E-state index contributed by atoms with van der Waals surface area (Å²) in [5.74, 6) is 0. The maximum atomic E-state index is 9.40. The first-order valence-corrected chi connectivity index (χ1v) is 8.35. The SMILES string of the molecule is Cc1[nH]cnc1CN1CCN(C2CCCC2)[C@@H](CCO)C1. The van der Waals surface area contributed by atoms with Crippen molar-refractivity contribution < 1.29 is 5.11 Å². The van der Waals surface area contributed by atoms with Gasteiger partial charge in [-0.1, -0.05) is 12.8 Å². The predicted molar refractivity (Wildman–Crippen MR) is 83.1 cm³/mol. The van der Waals surface area contributed by atoms with Crippen molar-refractivity contribution in [1.29, 1.82) is 0 Å². The molecule has 0 unspecified atom stereocenters. The smallest absolute Gasteiger partial charge is 0.0925 e. The summed E-state index contributed by atoms with van der Waals surface area (Å²) in [5.41, 5.74) is 2.33. The molecular weight excluding hydrogens is 264 g/mol. The van der Waals surface area contributed by atoms with Crippen molar-refractivity contribution >= 4 is 0 Å². The Bertz CT molecular complexity index is 441. The van der Waals surface area contributed by atoms with Crippen LogP contribution in [0.15, 0.2) is 6.33 Å². The molecule has 5 nitrogen and oxygen atoms in total. The number of H-pyrrole nitrogens is 1. The zero-order valence-electron chi connectivity index (χ0n) is 13.1. The van der Waals surface area contributed by atoms with Gasteiger partial charge in [0.1, 0.15) is 0 Å². The van der Waals surface area contributed by atoms with E-state index in [2.05, 4.69) is 26.7 Å². The van der Waals surface area contributed by atoms with Gasteiger partial charge in [-0.2, -0.15) is 0 Å². The minimum Gasteiger partial charge on any atom is -0.396 e. The van der Waals surface area contributed by atoms with Gasteiger partial charge in [-0.3, -0.25) is 9.80 Å². The Kier molecular flexibility index (Phi) is 4.93. The zero-order chi connectivity index (χ0) is 14.7. The number of aromatic amines is 1. The first-order chi connectivity index (χ1) is 10.3. The Balaban J connectivity index is 1.61. The van der Waals surface area contributed by atoms with Crippen molar-refractivity contribution in [2.45, 2.75) is 57.7 Å². The lowest BCUT2D eigenvalue weighted by Crippen LogP contribution is -2.56. The second-order valence-electron chi connectivity index (χ2n) is 6.55. The molecule has 0 radical (unpaired) electrons. The molecule has 118 valence electrons. The Labute approximate surface area is 127 Å². The van der Waals surface area contributed by atoms with Gasteiger partial charge in [0.2, 0.25) is 0 Å². The normalized spacial score (nSPS) is 25.7. The zero-order valence-corrected chi connectivity index (χ0v) is 13.1. The van der Waals surface area contributed by atoms with Crippen LogP contribution in [0.25, 0.3) is 0 Å². The summed E-state index contributed by atoms with van der Waals surface area (Å²) < 4.78 is 0. The van der Waals surface area contributed by atoms with Gasteiger partial charge in [0.15, 0.2) is 0 Å². The number of imidazole rings is 1. The van der Waals surface area contributed by atoms with E-state index in [0.717, 1.165) is 44.3 Å². The summed E-state index contributed by atoms with van der Waals surface area (Å²) in [6.07, 6.45) is 8.13. The van der Waals surface area contributed by atoms with Gasteiger partial charge in [0.25, 0.3) is 0 Å². The Hall–Kier alpha value is -0.910. The third-order valence-corrected chi connectivity index (χ3v) is 5.18. The van der Waals surface area contributed by atoms with Gasteiger partial charge in [0.05, 0.1) is 12.0 Å². The predicted octanol–water partition coefficient (Wildman–Crippen LogP) is 1.53. The Morgan fingerprint density at radius 3 is 2.81 bits per heavy atom. The number of piperazine rings is 1. The fraction of sp³-hybridized carbons (Fsp3) is 0.812. The largest absolute Gasteiger partial charge is 0.396 e. The van der Waals surface area contributed by atoms with Crippen LogP contribution in [0.2, 0.25) is 0 Å². The van der Waals surface area contributed by atoms with Crippen molar-refractivity contribution in [3.8, 4) is 0 Å². The van der Waals surface area contributed by atoms with Crippen molar-refractivity contribution in [3.05, 3.63) is 17.7 Å². The summed E-state index contributed by atoms with van der Waals surface area (Å²) in [6.45, 7) is 6.62. The molecule has 0 spiro atoms. The van der Waals surface area contributed by atoms with Crippen LogP contribution in [0, 0.1) is 6.92 Å². The number of aliphatic hydroxyl groups is 1. The molecule has 2 N–H and O–H groups in total. The number of aliphatic hydroxyl groups excluding tert-OH is 1. The van der Waals surface area contributed by atoms with Gasteiger partial charge >= 0.3 is 0 Å². The number of aromatic nitrogens is 2. The molecule has 1 atom stereocenters. The molecule has 1 saturated carbocycles. The third kappa shape index (κ3) is 3.47. The summed E-state index contributed by atoms with van der Waals surface area (Å²) in [6, 6.07) is 1.27. The number of nitrogens with one attached hydrogen (secondary N) is 1. The van der Waals surface area contributed by atoms with Gasteiger partial charge in [-0.25, -0.2) is 4.98 Å². The number of hydrogen-bond donors (Lipinski definition) is 2. The van der Waals surface area contributed by atoms with Gasteiger partial charge in [-0.15, -0.1) is 0 Å². The first kappa shape index (κ1) is 15.0. The summed E-state index contributed by atoms with van der Waals surface area (Å²) in [5, 5.41) is 9.40. The van der Waals surface area contributed by atoms with Gasteiger partial charge in [-0.05, 0) is 26.2 Å². The lowest BCUT2D eigenvalue weighted by atomic mass is 10.0. The molecule has 1 aromatic rings. The highest BCUT2D eigenvalue weighted by Crippen LogP contribution is 2.28. The topological polar surface area (TPSA) is 55.4 Å². The molecule has 1 saturated heterocycles. The van der Waals surface area contributed by atoms with E-state index in [4.69, 9.17) is 0 Å². The van der Waals surface area contributed by atoms with E-state index in [0.29, 0.717) is 12.6 Å². The summed E-state index contributed by atoms with van der Waals surface area (Å²) in [4.78, 5) is 12.7. The van der Waals surface area contributed by atoms with E-state index in [1.807, 2.05) is 0 Å². The van der Waals surface area contributed by atoms with Crippen LogP contribution < -0.4 is 0 Å². The maximum Gasteiger partial charge on any atom is 0.0925 e. The number of nitrogens with zero attached hydrogens (tertiary/aromatic N) is 3. The quantitative estimate of drug-likeness (QED) is 0.864. The molecule has 1 aliphatic heterocycles. The van der Waals surface area contributed by atoms with E-state index >= 15 is 0 Å². The summed E-state index contributed by atoms with van der Waals surface area (Å²) in [7, 11) is 0. The second kappa shape index (κ2) is 6.90. The van der Waals surface area contributed by atoms with Crippen LogP contribution in [0.3, 0.4) is 0 Å². The first-order valence-electron chi connectivity index (χ1n) is 8.35. The van der Waals surface area contributed by atoms with E-state index in [-0.39, 0.29) is 0 Å². The molecule has 21 heavy (non-hydrogen) atoms. The molecule has 0 bridgehead atoms. The summed E-state index contributed by atoms with van der Waals surface area (Å²) >= 11 is 0. The van der Waals surface area contributed by atoms with Crippen LogP contribution in [0.4, 0.5) is 0 Å². The minimum atomic E-state index is 0.295. The van der Waals surface area contributed by atoms with Crippen LogP contribution in [-0.2, 0) is 6.54 Å². The fourth-order valence-corrected chi connectivity index (χ4v) is 3.96. The van der Waals surface area contributed by atoms with E-state index in [1.54, 1.807) is 6.33 Å². The standard InChI is InChI=1S/C16H28N4O/c1-13-16(18-12-17-13)11-19-7-8-20(14-4-2-3-5-14)15(10-19)6-9-21/h12,14-15,21H,2-11H2,1H3,(H,17,18)/t15-/m0/s1. The number of hydrogen-bond acceptors (Lipinski definition) is 4. The van der Waals surface area contributed by atoms with Crippen molar-refractivity contribution in [2.75, 3.05) is 26.2 Å². The van der Waals surface area contributed by atoms with Crippen LogP contribution in [-0.4, -0.2) is 63.2 Å². The van der Waals surface area contributed by atoms with Crippen LogP contribution >= 0.6 is 0 Å². The lowest BCUT2D eigenvalue weighted by Gasteiger charge is -2.44. The van der Waals surface area contributed by atoms with E-state index < -0.39 is 0 Å².